The van der Waals surface area contributed by atoms with E-state index in [1.807, 2.05) is 163 Å². The van der Waals surface area contributed by atoms with Gasteiger partial charge in [0.25, 0.3) is 0 Å². The van der Waals surface area contributed by atoms with Crippen LogP contribution >= 0.6 is 7.60 Å². The van der Waals surface area contributed by atoms with Crippen molar-refractivity contribution in [1.29, 1.82) is 0 Å². The molecule has 4 rings (SSSR count). The standard InChI is InChI=1S/C24H30O4.C16H22O4.C13H30NO4P.C13H18O2.C5H10O2/c1-17(22(25)26)14-20(18-10-6-4-7-11-18)15-21(16-24(2,3)23(27)28)19-12-8-5-9-13-19;1-11(14(17)18)9-13(10-16(2,3)15(19)20)12-7-5-4-6-8-12;1-9-17-19(16,18-10-2)11(12(3,4)5)14(15)13(6,7)8;1-10(9-13(2,3)12(14)15)11-7-5-4-6-8-11;1-5(2,3)4(6)7/h4-13,17,20-21H,14-16H2,1-3H3,(H,25,26)(H,27,28);4-8,11,13H,9-10H2,1-3H3,(H,17,18)(H,19,20);11,15H,9-10H2,1-8H3;4-8,10H,9H2,1-3H3,(H,14,15);1-3H3,(H,6,7). The predicted molar refractivity (Wildman–Crippen MR) is 353 cm³/mol. The fraction of sp³-hybridized carbons (Fsp3) is 0.577. The Labute approximate surface area is 532 Å². The number of aliphatic carboxylic acids is 6. The smallest absolute Gasteiger partial charge is 0.350 e. The van der Waals surface area contributed by atoms with Crippen molar-refractivity contribution in [3.63, 3.8) is 0 Å². The van der Waals surface area contributed by atoms with Gasteiger partial charge in [-0.1, -0.05) is 163 Å². The molecule has 0 heterocycles. The number of rotatable bonds is 27. The minimum absolute atomic E-state index is 0.0264. The highest BCUT2D eigenvalue weighted by Gasteiger charge is 2.50. The van der Waals surface area contributed by atoms with Gasteiger partial charge in [0, 0.05) is 5.54 Å². The van der Waals surface area contributed by atoms with Crippen LogP contribution in [0.3, 0.4) is 0 Å². The first-order valence-electron chi connectivity index (χ1n) is 30.7. The molecule has 0 aliphatic carbocycles. The van der Waals surface area contributed by atoms with Crippen LogP contribution in [0.5, 0.6) is 0 Å². The first-order chi connectivity index (χ1) is 40.7. The predicted octanol–water partition coefficient (Wildman–Crippen LogP) is 17.5. The monoisotopic (exact) mass is 1260 g/mol. The van der Waals surface area contributed by atoms with E-state index in [2.05, 4.69) is 6.92 Å². The number of carboxylic acids is 6. The van der Waals surface area contributed by atoms with Crippen molar-refractivity contribution < 1.29 is 78.2 Å². The Hall–Kier alpha value is -6.23. The summed E-state index contributed by atoms with van der Waals surface area (Å²) in [6.45, 7) is 36.3. The fourth-order valence-electron chi connectivity index (χ4n) is 9.66. The van der Waals surface area contributed by atoms with Gasteiger partial charge in [0.15, 0.2) is 0 Å². The van der Waals surface area contributed by atoms with Gasteiger partial charge < -0.3 is 44.9 Å². The summed E-state index contributed by atoms with van der Waals surface area (Å²) in [5, 5.41) is 66.2. The average molecular weight is 1260 g/mol. The molecule has 0 aromatic heterocycles. The zero-order valence-corrected chi connectivity index (χ0v) is 57.8. The van der Waals surface area contributed by atoms with Gasteiger partial charge in [0.05, 0.1) is 46.7 Å². The Morgan fingerprint density at radius 2 is 0.697 bits per heavy atom. The molecule has 0 aliphatic rings. The second kappa shape index (κ2) is 37.2. The third-order valence-corrected chi connectivity index (χ3v) is 18.0. The van der Waals surface area contributed by atoms with Crippen molar-refractivity contribution in [3.8, 4) is 0 Å². The van der Waals surface area contributed by atoms with E-state index < -0.39 is 93.6 Å². The normalized spacial score (nSPS) is 14.5. The molecule has 0 saturated carbocycles. The highest BCUT2D eigenvalue weighted by Crippen LogP contribution is 2.60. The van der Waals surface area contributed by atoms with Gasteiger partial charge in [-0.15, -0.1) is 0 Å². The van der Waals surface area contributed by atoms with E-state index in [1.165, 1.54) is 5.56 Å². The Kier molecular flexibility index (Phi) is 34.6. The summed E-state index contributed by atoms with van der Waals surface area (Å²) in [4.78, 5) is 66.5. The van der Waals surface area contributed by atoms with E-state index in [0.29, 0.717) is 38.5 Å². The summed E-state index contributed by atoms with van der Waals surface area (Å²) in [7, 11) is -3.43. The molecule has 18 heteroatoms. The van der Waals surface area contributed by atoms with E-state index >= 15 is 0 Å². The molecule has 4 aromatic carbocycles. The van der Waals surface area contributed by atoms with Crippen LogP contribution in [0.4, 0.5) is 0 Å². The number of carboxylic acid groups (broad SMARTS) is 6. The number of nitrogens with zero attached hydrogens (tertiary/aromatic N) is 1. The fourth-order valence-corrected chi connectivity index (χ4v) is 12.3. The van der Waals surface area contributed by atoms with Gasteiger partial charge in [-0.05, 0) is 187 Å². The molecule has 0 spiro atoms. The minimum Gasteiger partial charge on any atom is -0.481 e. The van der Waals surface area contributed by atoms with Gasteiger partial charge in [-0.2, -0.15) is 5.06 Å². The third-order valence-electron chi connectivity index (χ3n) is 15.2. The van der Waals surface area contributed by atoms with E-state index in [4.69, 9.17) is 24.4 Å². The summed E-state index contributed by atoms with van der Waals surface area (Å²) >= 11 is 0. The average Bonchev–Trinajstić information content (AvgIpc) is 0.849. The van der Waals surface area contributed by atoms with E-state index in [0.717, 1.165) is 21.8 Å². The Morgan fingerprint density at radius 1 is 0.427 bits per heavy atom. The molecular weight excluding hydrogens is 1150 g/mol. The molecule has 4 aromatic rings. The van der Waals surface area contributed by atoms with Crippen LogP contribution < -0.4 is 0 Å². The van der Waals surface area contributed by atoms with Crippen molar-refractivity contribution in [1.82, 2.24) is 5.06 Å². The summed E-state index contributed by atoms with van der Waals surface area (Å²) < 4.78 is 23.8. The zero-order chi connectivity index (χ0) is 69.1. The largest absolute Gasteiger partial charge is 0.481 e. The lowest BCUT2D eigenvalue weighted by atomic mass is 9.74. The van der Waals surface area contributed by atoms with Gasteiger partial charge in [-0.25, -0.2) is 0 Å². The third kappa shape index (κ3) is 30.4. The van der Waals surface area contributed by atoms with Crippen molar-refractivity contribution in [2.24, 2.45) is 38.9 Å². The molecule has 0 aliphatic heterocycles. The zero-order valence-electron chi connectivity index (χ0n) is 56.9. The number of hydrogen-bond acceptors (Lipinski definition) is 11. The maximum Gasteiger partial charge on any atom is 0.350 e. The van der Waals surface area contributed by atoms with Crippen LogP contribution in [0.2, 0.25) is 0 Å². The molecule has 7 N–H and O–H groups in total. The first kappa shape index (κ1) is 82.8. The molecule has 0 amide bonds. The Morgan fingerprint density at radius 3 is 0.955 bits per heavy atom. The topological polar surface area (TPSA) is 283 Å². The highest BCUT2D eigenvalue weighted by atomic mass is 31.2. The molecule has 500 valence electrons. The highest BCUT2D eigenvalue weighted by molar-refractivity contribution is 7.54. The quantitative estimate of drug-likeness (QED) is 0.0216. The van der Waals surface area contributed by atoms with Gasteiger partial charge >= 0.3 is 43.4 Å². The van der Waals surface area contributed by atoms with Crippen LogP contribution in [0.1, 0.15) is 223 Å². The van der Waals surface area contributed by atoms with Gasteiger partial charge in [-0.3, -0.25) is 33.3 Å². The summed E-state index contributed by atoms with van der Waals surface area (Å²) in [6.07, 6.45) is 3.25. The molecular formula is C71H110NO16P. The molecule has 7 unspecified atom stereocenters. The van der Waals surface area contributed by atoms with Crippen LogP contribution in [-0.2, 0) is 42.4 Å². The van der Waals surface area contributed by atoms with Crippen LogP contribution in [0.15, 0.2) is 121 Å². The molecule has 0 fully saturated rings. The second-order valence-electron chi connectivity index (χ2n) is 28.2. The Bertz CT molecular complexity index is 2780. The molecule has 0 saturated heterocycles. The number of carbonyl (C=O) groups is 6. The molecule has 0 radical (unpaired) electrons. The molecule has 17 nitrogen and oxygen atoms in total. The SMILES string of the molecule is CC(C)(C)C(=O)O.CC(CC(C)(C)C(=O)O)c1ccccc1.CC(CC(CC(C)(C)C(=O)O)c1ccccc1)C(=O)O.CC(CC(CC(CC(C)(C)C(=O)O)c1ccccc1)c1ccccc1)C(=O)O.CCOP(=O)(OCC)C(N(O)C(C)(C)C)C(C)(C)C. The second-order valence-corrected chi connectivity index (χ2v) is 30.3. The maximum atomic E-state index is 13.0. The van der Waals surface area contributed by atoms with Crippen LogP contribution in [-0.4, -0.2) is 101 Å². The van der Waals surface area contributed by atoms with Crippen molar-refractivity contribution in [2.75, 3.05) is 13.2 Å². The van der Waals surface area contributed by atoms with Gasteiger partial charge in [0.1, 0.15) is 5.78 Å². The molecule has 0 bridgehead atoms. The number of hydrogen-bond donors (Lipinski definition) is 7. The van der Waals surface area contributed by atoms with Crippen LogP contribution in [0.25, 0.3) is 0 Å². The number of benzene rings is 4. The summed E-state index contributed by atoms with van der Waals surface area (Å²) in [5.74, 6) is -6.23. The lowest BCUT2D eigenvalue weighted by Gasteiger charge is -2.44. The van der Waals surface area contributed by atoms with Crippen molar-refractivity contribution in [2.45, 2.75) is 212 Å². The summed E-state index contributed by atoms with van der Waals surface area (Å²) in [5.41, 5.74) is 0.407. The van der Waals surface area contributed by atoms with E-state index in [1.54, 1.807) is 90.0 Å². The van der Waals surface area contributed by atoms with Crippen molar-refractivity contribution in [3.05, 3.63) is 144 Å². The lowest BCUT2D eigenvalue weighted by Crippen LogP contribution is -2.51. The van der Waals surface area contributed by atoms with E-state index in [9.17, 15) is 53.9 Å². The van der Waals surface area contributed by atoms with Crippen molar-refractivity contribution >= 4 is 43.4 Å². The maximum absolute atomic E-state index is 13.0. The summed E-state index contributed by atoms with van der Waals surface area (Å²) in [6, 6.07) is 39.4. The first-order valence-corrected chi connectivity index (χ1v) is 32.3. The minimum atomic E-state index is -3.43. The van der Waals surface area contributed by atoms with E-state index in [-0.39, 0.29) is 36.9 Å². The molecule has 7 atom stereocenters. The van der Waals surface area contributed by atoms with Crippen LogP contribution in [0, 0.1) is 38.9 Å². The Balaban J connectivity index is 0.00000114. The number of hydroxylamine groups is 2. The van der Waals surface area contributed by atoms with Gasteiger partial charge in [0.2, 0.25) is 0 Å². The molecule has 89 heavy (non-hydrogen) atoms. The lowest BCUT2D eigenvalue weighted by molar-refractivity contribution is -0.191.